The molecule has 1 N–H and O–H groups in total. The topological polar surface area (TPSA) is 67.1 Å². The van der Waals surface area contributed by atoms with E-state index in [1.807, 2.05) is 61.7 Å². The van der Waals surface area contributed by atoms with Crippen LogP contribution in [-0.2, 0) is 0 Å². The molecule has 0 amide bonds. The summed E-state index contributed by atoms with van der Waals surface area (Å²) in [4.78, 5) is 2.26. The van der Waals surface area contributed by atoms with Crippen molar-refractivity contribution in [2.75, 3.05) is 11.4 Å². The Kier molecular flexibility index (Phi) is 4.67. The molecule has 1 fully saturated rings. The molecule has 1 aromatic carbocycles. The first-order valence-electron chi connectivity index (χ1n) is 9.07. The van der Waals surface area contributed by atoms with Crippen LogP contribution in [0, 0.1) is 6.92 Å². The molecule has 26 heavy (non-hydrogen) atoms. The van der Waals surface area contributed by atoms with Crippen LogP contribution in [0.25, 0.3) is 5.82 Å². The lowest BCUT2D eigenvalue weighted by atomic mass is 10.0. The van der Waals surface area contributed by atoms with Crippen molar-refractivity contribution in [3.63, 3.8) is 0 Å². The second kappa shape index (κ2) is 7.25. The summed E-state index contributed by atoms with van der Waals surface area (Å²) in [6, 6.07) is 16.0. The fraction of sp³-hybridized carbons (Fsp3) is 0.350. The number of benzene rings is 1. The minimum absolute atomic E-state index is 0.275. The number of hydrogen-bond donors (Lipinski definition) is 1. The minimum atomic E-state index is -0.457. The third-order valence-electron chi connectivity index (χ3n) is 4.94. The van der Waals surface area contributed by atoms with E-state index < -0.39 is 6.10 Å². The Hall–Kier alpha value is -2.73. The third kappa shape index (κ3) is 3.46. The molecule has 0 radical (unpaired) electrons. The maximum Gasteiger partial charge on any atom is 0.175 e. The van der Waals surface area contributed by atoms with E-state index in [0.29, 0.717) is 12.2 Å². The molecule has 2 atom stereocenters. The number of anilines is 1. The molecule has 2 aromatic heterocycles. The van der Waals surface area contributed by atoms with Gasteiger partial charge in [-0.15, -0.1) is 10.2 Å². The highest BCUT2D eigenvalue weighted by Gasteiger charge is 2.28. The summed E-state index contributed by atoms with van der Waals surface area (Å²) < 4.78 is 1.73. The zero-order valence-electron chi connectivity index (χ0n) is 14.9. The van der Waals surface area contributed by atoms with Gasteiger partial charge < -0.3 is 10.0 Å². The third-order valence-corrected chi connectivity index (χ3v) is 4.94. The van der Waals surface area contributed by atoms with Crippen LogP contribution < -0.4 is 4.90 Å². The first kappa shape index (κ1) is 16.7. The van der Waals surface area contributed by atoms with E-state index in [-0.39, 0.29) is 6.04 Å². The van der Waals surface area contributed by atoms with Crippen LogP contribution in [0.15, 0.2) is 54.7 Å². The van der Waals surface area contributed by atoms with E-state index in [9.17, 15) is 5.11 Å². The Balaban J connectivity index is 1.48. The van der Waals surface area contributed by atoms with Crippen molar-refractivity contribution in [2.24, 2.45) is 0 Å². The van der Waals surface area contributed by atoms with Gasteiger partial charge in [-0.2, -0.15) is 5.10 Å². The summed E-state index contributed by atoms with van der Waals surface area (Å²) in [5.41, 5.74) is 1.92. The van der Waals surface area contributed by atoms with Gasteiger partial charge in [-0.1, -0.05) is 30.3 Å². The zero-order chi connectivity index (χ0) is 17.9. The molecule has 0 spiro atoms. The van der Waals surface area contributed by atoms with E-state index in [4.69, 9.17) is 0 Å². The van der Waals surface area contributed by atoms with Crippen LogP contribution in [0.2, 0.25) is 0 Å². The highest BCUT2D eigenvalue weighted by molar-refractivity contribution is 5.42. The first-order valence-corrected chi connectivity index (χ1v) is 9.07. The molecule has 0 aliphatic carbocycles. The summed E-state index contributed by atoms with van der Waals surface area (Å²) in [6.07, 6.45) is 4.29. The number of aryl methyl sites for hydroxylation is 1. The van der Waals surface area contributed by atoms with Crippen molar-refractivity contribution >= 4 is 5.82 Å². The fourth-order valence-electron chi connectivity index (χ4n) is 3.59. The average Bonchev–Trinajstić information content (AvgIpc) is 3.31. The maximum atomic E-state index is 10.6. The number of aliphatic hydroxyl groups excluding tert-OH is 1. The van der Waals surface area contributed by atoms with E-state index in [1.165, 1.54) is 0 Å². The highest BCUT2D eigenvalue weighted by Crippen LogP contribution is 2.30. The van der Waals surface area contributed by atoms with Crippen molar-refractivity contribution in [1.82, 2.24) is 20.0 Å². The van der Waals surface area contributed by atoms with Crippen LogP contribution in [0.1, 0.15) is 36.6 Å². The van der Waals surface area contributed by atoms with Crippen molar-refractivity contribution in [3.8, 4) is 5.82 Å². The van der Waals surface area contributed by atoms with Crippen LogP contribution in [0.3, 0.4) is 0 Å². The van der Waals surface area contributed by atoms with Gasteiger partial charge in [-0.05, 0) is 49.9 Å². The van der Waals surface area contributed by atoms with E-state index in [2.05, 4.69) is 20.2 Å². The highest BCUT2D eigenvalue weighted by atomic mass is 16.3. The smallest absolute Gasteiger partial charge is 0.175 e. The van der Waals surface area contributed by atoms with Gasteiger partial charge in [0.25, 0.3) is 0 Å². The van der Waals surface area contributed by atoms with Crippen molar-refractivity contribution in [2.45, 2.75) is 38.3 Å². The van der Waals surface area contributed by atoms with Gasteiger partial charge in [0.05, 0.1) is 11.8 Å². The number of nitrogens with zero attached hydrogens (tertiary/aromatic N) is 5. The molecular weight excluding hydrogens is 326 g/mol. The van der Waals surface area contributed by atoms with Gasteiger partial charge in [0.15, 0.2) is 11.6 Å². The molecule has 1 saturated heterocycles. The summed E-state index contributed by atoms with van der Waals surface area (Å²) in [6.45, 7) is 2.90. The predicted octanol–water partition coefficient (Wildman–Crippen LogP) is 3.06. The van der Waals surface area contributed by atoms with Crippen molar-refractivity contribution < 1.29 is 5.11 Å². The molecule has 1 aliphatic rings. The average molecular weight is 349 g/mol. The molecule has 6 nitrogen and oxygen atoms in total. The monoisotopic (exact) mass is 349 g/mol. The van der Waals surface area contributed by atoms with Gasteiger partial charge in [-0.3, -0.25) is 0 Å². The zero-order valence-corrected chi connectivity index (χ0v) is 14.9. The van der Waals surface area contributed by atoms with Gasteiger partial charge >= 0.3 is 0 Å². The molecule has 6 heteroatoms. The quantitative estimate of drug-likeness (QED) is 0.767. The molecule has 0 bridgehead atoms. The molecule has 3 aromatic rings. The molecule has 0 unspecified atom stereocenters. The number of hydrogen-bond acceptors (Lipinski definition) is 5. The molecule has 3 heterocycles. The fourth-order valence-corrected chi connectivity index (χ4v) is 3.59. The van der Waals surface area contributed by atoms with Gasteiger partial charge in [0.2, 0.25) is 0 Å². The first-order chi connectivity index (χ1) is 12.7. The summed E-state index contributed by atoms with van der Waals surface area (Å²) in [5.74, 6) is 1.57. The van der Waals surface area contributed by atoms with Crippen LogP contribution in [0.4, 0.5) is 5.82 Å². The van der Waals surface area contributed by atoms with E-state index in [1.54, 1.807) is 4.68 Å². The number of aromatic nitrogens is 4. The van der Waals surface area contributed by atoms with E-state index in [0.717, 1.165) is 36.5 Å². The van der Waals surface area contributed by atoms with Crippen molar-refractivity contribution in [3.05, 3.63) is 66.0 Å². The second-order valence-corrected chi connectivity index (χ2v) is 6.80. The summed E-state index contributed by atoms with van der Waals surface area (Å²) >= 11 is 0. The van der Waals surface area contributed by atoms with Crippen molar-refractivity contribution in [1.29, 1.82) is 0 Å². The predicted molar refractivity (Wildman–Crippen MR) is 100 cm³/mol. The van der Waals surface area contributed by atoms with Crippen LogP contribution in [0.5, 0.6) is 0 Å². The maximum absolute atomic E-state index is 10.6. The Morgan fingerprint density at radius 3 is 2.54 bits per heavy atom. The minimum Gasteiger partial charge on any atom is -0.388 e. The standard InChI is InChI=1S/C20H23N5O/c1-15-11-13-25(23-15)20-10-9-19(21-22-20)24-12-5-8-17(24)14-18(26)16-6-3-2-4-7-16/h2-4,6-7,9-11,13,17-18,26H,5,8,12,14H2,1H3/t17-,18+/m0/s1. The molecule has 0 saturated carbocycles. The lowest BCUT2D eigenvalue weighted by Crippen LogP contribution is -2.31. The largest absolute Gasteiger partial charge is 0.388 e. The number of rotatable bonds is 5. The Bertz CT molecular complexity index is 846. The SMILES string of the molecule is Cc1ccn(-c2ccc(N3CCC[C@H]3C[C@@H](O)c3ccccc3)nn2)n1. The van der Waals surface area contributed by atoms with Crippen LogP contribution in [-0.4, -0.2) is 37.7 Å². The molecular formula is C20H23N5O. The Morgan fingerprint density at radius 2 is 1.85 bits per heavy atom. The van der Waals surface area contributed by atoms with E-state index >= 15 is 0 Å². The lowest BCUT2D eigenvalue weighted by Gasteiger charge is -2.27. The Labute approximate surface area is 153 Å². The second-order valence-electron chi connectivity index (χ2n) is 6.80. The lowest BCUT2D eigenvalue weighted by molar-refractivity contribution is 0.158. The van der Waals surface area contributed by atoms with Gasteiger partial charge in [0, 0.05) is 18.8 Å². The molecule has 1 aliphatic heterocycles. The van der Waals surface area contributed by atoms with Gasteiger partial charge in [-0.25, -0.2) is 4.68 Å². The molecule has 134 valence electrons. The van der Waals surface area contributed by atoms with Crippen LogP contribution >= 0.6 is 0 Å². The summed E-state index contributed by atoms with van der Waals surface area (Å²) in [7, 11) is 0. The van der Waals surface area contributed by atoms with Gasteiger partial charge in [0.1, 0.15) is 0 Å². The number of aliphatic hydroxyl groups is 1. The summed E-state index contributed by atoms with van der Waals surface area (Å²) in [5, 5.41) is 23.7. The normalized spacial score (nSPS) is 18.2. The molecule has 4 rings (SSSR count). The Morgan fingerprint density at radius 1 is 1.08 bits per heavy atom.